The molecule has 1 fully saturated rings. The van der Waals surface area contributed by atoms with Crippen molar-refractivity contribution in [2.75, 3.05) is 19.6 Å². The van der Waals surface area contributed by atoms with E-state index in [1.165, 1.54) is 0 Å². The highest BCUT2D eigenvalue weighted by Gasteiger charge is 2.39. The van der Waals surface area contributed by atoms with E-state index in [0.717, 1.165) is 38.9 Å². The number of hydrogen-bond donors (Lipinski definition) is 2. The fourth-order valence-electron chi connectivity index (χ4n) is 2.65. The van der Waals surface area contributed by atoms with Gasteiger partial charge in [0.1, 0.15) is 0 Å². The Morgan fingerprint density at radius 3 is 3.11 bits per heavy atom. The molecule has 1 saturated heterocycles. The molecule has 2 heterocycles. The first-order chi connectivity index (χ1) is 8.77. The van der Waals surface area contributed by atoms with E-state index in [1.807, 2.05) is 10.8 Å². The Balaban J connectivity index is 1.82. The van der Waals surface area contributed by atoms with Gasteiger partial charge in [0.05, 0.1) is 11.7 Å². The van der Waals surface area contributed by atoms with Gasteiger partial charge in [0.15, 0.2) is 0 Å². The molecule has 0 bridgehead atoms. The van der Waals surface area contributed by atoms with Crippen LogP contribution in [0.4, 0.5) is 0 Å². The number of nitrogens with one attached hydrogen (secondary N) is 2. The van der Waals surface area contributed by atoms with E-state index in [1.54, 1.807) is 12.5 Å². The molecule has 1 aromatic rings. The maximum Gasteiger partial charge on any atom is 0.227 e. The number of carbonyl (C=O) groups is 1. The standard InChI is InChI=1S/C13H22N4O/c1-2-3-13(4-5-14-10-13)12(18)16-7-9-17-8-6-15-11-17/h6,8,11,14H,2-5,7,9-10H2,1H3,(H,16,18). The lowest BCUT2D eigenvalue weighted by atomic mass is 9.81. The molecule has 100 valence electrons. The second kappa shape index (κ2) is 6.00. The molecule has 1 amide bonds. The van der Waals surface area contributed by atoms with Gasteiger partial charge in [-0.1, -0.05) is 13.3 Å². The van der Waals surface area contributed by atoms with Crippen molar-refractivity contribution >= 4 is 5.91 Å². The van der Waals surface area contributed by atoms with Crippen molar-refractivity contribution in [2.45, 2.75) is 32.7 Å². The predicted octanol–water partition coefficient (Wildman–Crippen LogP) is 0.779. The maximum atomic E-state index is 12.3. The first-order valence-electron chi connectivity index (χ1n) is 6.71. The van der Waals surface area contributed by atoms with Gasteiger partial charge in [-0.3, -0.25) is 4.79 Å². The first-order valence-corrected chi connectivity index (χ1v) is 6.71. The van der Waals surface area contributed by atoms with Gasteiger partial charge in [-0.2, -0.15) is 0 Å². The van der Waals surface area contributed by atoms with Crippen LogP contribution in [-0.2, 0) is 11.3 Å². The van der Waals surface area contributed by atoms with Crippen LogP contribution in [0.3, 0.4) is 0 Å². The predicted molar refractivity (Wildman–Crippen MR) is 70.1 cm³/mol. The average molecular weight is 250 g/mol. The summed E-state index contributed by atoms with van der Waals surface area (Å²) in [5.74, 6) is 0.203. The molecule has 0 radical (unpaired) electrons. The second-order valence-electron chi connectivity index (χ2n) is 5.01. The quantitative estimate of drug-likeness (QED) is 0.784. The Hall–Kier alpha value is -1.36. The van der Waals surface area contributed by atoms with Gasteiger partial charge in [0.2, 0.25) is 5.91 Å². The summed E-state index contributed by atoms with van der Waals surface area (Å²) in [4.78, 5) is 16.3. The van der Waals surface area contributed by atoms with E-state index >= 15 is 0 Å². The topological polar surface area (TPSA) is 59.0 Å². The van der Waals surface area contributed by atoms with Gasteiger partial charge in [-0.25, -0.2) is 4.98 Å². The highest BCUT2D eigenvalue weighted by molar-refractivity contribution is 5.83. The highest BCUT2D eigenvalue weighted by atomic mass is 16.2. The third-order valence-corrected chi connectivity index (χ3v) is 3.67. The highest BCUT2D eigenvalue weighted by Crippen LogP contribution is 2.31. The van der Waals surface area contributed by atoms with Crippen LogP contribution >= 0.6 is 0 Å². The summed E-state index contributed by atoms with van der Waals surface area (Å²) in [6.07, 6.45) is 8.41. The SMILES string of the molecule is CCCC1(C(=O)NCCn2ccnc2)CCNC1. The van der Waals surface area contributed by atoms with Gasteiger partial charge >= 0.3 is 0 Å². The minimum absolute atomic E-state index is 0.177. The number of imidazole rings is 1. The Kier molecular flexibility index (Phi) is 4.36. The van der Waals surface area contributed by atoms with Crippen LogP contribution < -0.4 is 10.6 Å². The molecule has 1 atom stereocenters. The van der Waals surface area contributed by atoms with Crippen molar-refractivity contribution in [2.24, 2.45) is 5.41 Å². The third-order valence-electron chi connectivity index (χ3n) is 3.67. The molecule has 5 heteroatoms. The van der Waals surface area contributed by atoms with Gasteiger partial charge in [-0.05, 0) is 19.4 Å². The van der Waals surface area contributed by atoms with Crippen molar-refractivity contribution in [3.8, 4) is 0 Å². The molecule has 2 N–H and O–H groups in total. The van der Waals surface area contributed by atoms with E-state index in [2.05, 4.69) is 22.5 Å². The molecule has 0 saturated carbocycles. The zero-order valence-electron chi connectivity index (χ0n) is 11.0. The number of amides is 1. The van der Waals surface area contributed by atoms with E-state index in [0.29, 0.717) is 6.54 Å². The number of rotatable bonds is 6. The summed E-state index contributed by atoms with van der Waals surface area (Å²) in [5, 5.41) is 6.37. The number of nitrogens with zero attached hydrogens (tertiary/aromatic N) is 2. The number of hydrogen-bond acceptors (Lipinski definition) is 3. The van der Waals surface area contributed by atoms with Crippen LogP contribution in [-0.4, -0.2) is 35.1 Å². The van der Waals surface area contributed by atoms with Crippen molar-refractivity contribution < 1.29 is 4.79 Å². The molecule has 2 rings (SSSR count). The molecule has 0 aliphatic carbocycles. The monoisotopic (exact) mass is 250 g/mol. The van der Waals surface area contributed by atoms with Crippen molar-refractivity contribution in [1.82, 2.24) is 20.2 Å². The van der Waals surface area contributed by atoms with Crippen LogP contribution in [0.15, 0.2) is 18.7 Å². The fraction of sp³-hybridized carbons (Fsp3) is 0.692. The summed E-state index contributed by atoms with van der Waals surface area (Å²) in [5.41, 5.74) is -0.177. The molecule has 0 spiro atoms. The first kappa shape index (κ1) is 13.1. The molecule has 1 aromatic heterocycles. The second-order valence-corrected chi connectivity index (χ2v) is 5.01. The Morgan fingerprint density at radius 2 is 2.50 bits per heavy atom. The summed E-state index contributed by atoms with van der Waals surface area (Å²) in [6, 6.07) is 0. The average Bonchev–Trinajstić information content (AvgIpc) is 3.01. The van der Waals surface area contributed by atoms with Gasteiger partial charge < -0.3 is 15.2 Å². The van der Waals surface area contributed by atoms with Crippen molar-refractivity contribution in [3.05, 3.63) is 18.7 Å². The van der Waals surface area contributed by atoms with Crippen LogP contribution in [0, 0.1) is 5.41 Å². The molecule has 5 nitrogen and oxygen atoms in total. The van der Waals surface area contributed by atoms with Crippen LogP contribution in [0.2, 0.25) is 0 Å². The Bertz CT molecular complexity index is 368. The molecular weight excluding hydrogens is 228 g/mol. The minimum atomic E-state index is -0.177. The lowest BCUT2D eigenvalue weighted by Crippen LogP contribution is -2.43. The number of carbonyl (C=O) groups excluding carboxylic acids is 1. The maximum absolute atomic E-state index is 12.3. The smallest absolute Gasteiger partial charge is 0.227 e. The Labute approximate surface area is 108 Å². The molecule has 1 aliphatic heterocycles. The summed E-state index contributed by atoms with van der Waals surface area (Å²) in [6.45, 7) is 5.35. The largest absolute Gasteiger partial charge is 0.354 e. The zero-order chi connectivity index (χ0) is 12.8. The summed E-state index contributed by atoms with van der Waals surface area (Å²) < 4.78 is 1.97. The Morgan fingerprint density at radius 1 is 1.61 bits per heavy atom. The van der Waals surface area contributed by atoms with Crippen molar-refractivity contribution in [3.63, 3.8) is 0 Å². The van der Waals surface area contributed by atoms with E-state index < -0.39 is 0 Å². The van der Waals surface area contributed by atoms with Gasteiger partial charge in [0, 0.05) is 32.0 Å². The summed E-state index contributed by atoms with van der Waals surface area (Å²) >= 11 is 0. The molecule has 1 aliphatic rings. The lowest BCUT2D eigenvalue weighted by molar-refractivity contribution is -0.130. The van der Waals surface area contributed by atoms with Crippen LogP contribution in [0.25, 0.3) is 0 Å². The van der Waals surface area contributed by atoms with Gasteiger partial charge in [-0.15, -0.1) is 0 Å². The lowest BCUT2D eigenvalue weighted by Gasteiger charge is -2.26. The van der Waals surface area contributed by atoms with Crippen molar-refractivity contribution in [1.29, 1.82) is 0 Å². The van der Waals surface area contributed by atoms with Crippen LogP contribution in [0.5, 0.6) is 0 Å². The summed E-state index contributed by atoms with van der Waals surface area (Å²) in [7, 11) is 0. The molecule has 1 unspecified atom stereocenters. The normalized spacial score (nSPS) is 23.2. The minimum Gasteiger partial charge on any atom is -0.354 e. The van der Waals surface area contributed by atoms with E-state index in [4.69, 9.17) is 0 Å². The van der Waals surface area contributed by atoms with Crippen LogP contribution in [0.1, 0.15) is 26.2 Å². The third kappa shape index (κ3) is 2.90. The molecule has 0 aromatic carbocycles. The zero-order valence-corrected chi connectivity index (χ0v) is 11.0. The number of aromatic nitrogens is 2. The van der Waals surface area contributed by atoms with E-state index in [9.17, 15) is 4.79 Å². The van der Waals surface area contributed by atoms with Gasteiger partial charge in [0.25, 0.3) is 0 Å². The fourth-order valence-corrected chi connectivity index (χ4v) is 2.65. The molecular formula is C13H22N4O. The molecule has 18 heavy (non-hydrogen) atoms. The van der Waals surface area contributed by atoms with E-state index in [-0.39, 0.29) is 11.3 Å².